The number of ether oxygens (including phenoxy) is 1. The first kappa shape index (κ1) is 10.5. The second-order valence-electron chi connectivity index (χ2n) is 4.49. The quantitative estimate of drug-likeness (QED) is 0.822. The Labute approximate surface area is 91.4 Å². The SMILES string of the molecule is COc1c(C)cccc1C1(CN)CCC1. The van der Waals surface area contributed by atoms with Crippen LogP contribution < -0.4 is 10.5 Å². The number of hydrogen-bond acceptors (Lipinski definition) is 2. The predicted octanol–water partition coefficient (Wildman–Crippen LogP) is 2.38. The summed E-state index contributed by atoms with van der Waals surface area (Å²) in [6, 6.07) is 6.35. The highest BCUT2D eigenvalue weighted by molar-refractivity contribution is 5.46. The van der Waals surface area contributed by atoms with Gasteiger partial charge in [-0.2, -0.15) is 0 Å². The van der Waals surface area contributed by atoms with Gasteiger partial charge >= 0.3 is 0 Å². The molecule has 0 heterocycles. The van der Waals surface area contributed by atoms with E-state index < -0.39 is 0 Å². The first-order chi connectivity index (χ1) is 7.23. The van der Waals surface area contributed by atoms with Gasteiger partial charge in [-0.1, -0.05) is 24.6 Å². The molecule has 0 radical (unpaired) electrons. The molecule has 1 aromatic rings. The van der Waals surface area contributed by atoms with Crippen molar-refractivity contribution in [3.63, 3.8) is 0 Å². The van der Waals surface area contributed by atoms with Gasteiger partial charge in [0.2, 0.25) is 0 Å². The van der Waals surface area contributed by atoms with Crippen LogP contribution in [0.1, 0.15) is 30.4 Å². The van der Waals surface area contributed by atoms with Crippen molar-refractivity contribution in [2.45, 2.75) is 31.6 Å². The molecule has 82 valence electrons. The van der Waals surface area contributed by atoms with Crippen LogP contribution in [0.3, 0.4) is 0 Å². The van der Waals surface area contributed by atoms with Crippen molar-refractivity contribution in [3.05, 3.63) is 29.3 Å². The van der Waals surface area contributed by atoms with E-state index >= 15 is 0 Å². The molecule has 15 heavy (non-hydrogen) atoms. The number of benzene rings is 1. The minimum absolute atomic E-state index is 0.192. The molecule has 0 bridgehead atoms. The van der Waals surface area contributed by atoms with E-state index in [1.807, 2.05) is 0 Å². The van der Waals surface area contributed by atoms with Gasteiger partial charge in [0.1, 0.15) is 5.75 Å². The summed E-state index contributed by atoms with van der Waals surface area (Å²) in [5.74, 6) is 1.03. The molecule has 2 N–H and O–H groups in total. The monoisotopic (exact) mass is 205 g/mol. The summed E-state index contributed by atoms with van der Waals surface area (Å²) in [6.45, 7) is 2.82. The summed E-state index contributed by atoms with van der Waals surface area (Å²) in [7, 11) is 1.74. The van der Waals surface area contributed by atoms with Gasteiger partial charge in [0, 0.05) is 17.5 Å². The van der Waals surface area contributed by atoms with Gasteiger partial charge in [0.15, 0.2) is 0 Å². The van der Waals surface area contributed by atoms with Crippen molar-refractivity contribution in [3.8, 4) is 5.75 Å². The normalized spacial score (nSPS) is 18.3. The highest BCUT2D eigenvalue weighted by Crippen LogP contribution is 2.46. The zero-order chi connectivity index (χ0) is 10.9. The fourth-order valence-electron chi connectivity index (χ4n) is 2.53. The van der Waals surface area contributed by atoms with Crippen LogP contribution in [-0.4, -0.2) is 13.7 Å². The molecule has 1 fully saturated rings. The topological polar surface area (TPSA) is 35.2 Å². The third-order valence-electron chi connectivity index (χ3n) is 3.69. The van der Waals surface area contributed by atoms with Gasteiger partial charge < -0.3 is 10.5 Å². The van der Waals surface area contributed by atoms with Crippen LogP contribution in [0.5, 0.6) is 5.75 Å². The molecular formula is C13H19NO. The van der Waals surface area contributed by atoms with E-state index in [9.17, 15) is 0 Å². The van der Waals surface area contributed by atoms with E-state index in [0.29, 0.717) is 0 Å². The van der Waals surface area contributed by atoms with Crippen LogP contribution >= 0.6 is 0 Å². The molecule has 0 amide bonds. The third-order valence-corrected chi connectivity index (χ3v) is 3.69. The van der Waals surface area contributed by atoms with Crippen molar-refractivity contribution in [1.29, 1.82) is 0 Å². The zero-order valence-electron chi connectivity index (χ0n) is 9.55. The summed E-state index contributed by atoms with van der Waals surface area (Å²) in [6.07, 6.45) is 3.68. The Morgan fingerprint density at radius 3 is 2.60 bits per heavy atom. The summed E-state index contributed by atoms with van der Waals surface area (Å²) in [4.78, 5) is 0. The van der Waals surface area contributed by atoms with Crippen LogP contribution in [0.4, 0.5) is 0 Å². The van der Waals surface area contributed by atoms with Crippen LogP contribution in [0.15, 0.2) is 18.2 Å². The van der Waals surface area contributed by atoms with E-state index in [4.69, 9.17) is 10.5 Å². The lowest BCUT2D eigenvalue weighted by atomic mass is 9.64. The van der Waals surface area contributed by atoms with Gasteiger partial charge in [-0.15, -0.1) is 0 Å². The molecule has 2 heteroatoms. The largest absolute Gasteiger partial charge is 0.496 e. The minimum atomic E-state index is 0.192. The first-order valence-corrected chi connectivity index (χ1v) is 5.58. The highest BCUT2D eigenvalue weighted by Gasteiger charge is 2.39. The van der Waals surface area contributed by atoms with Gasteiger partial charge in [-0.05, 0) is 25.3 Å². The van der Waals surface area contributed by atoms with E-state index in [1.54, 1.807) is 7.11 Å². The molecule has 0 aliphatic heterocycles. The summed E-state index contributed by atoms with van der Waals surface area (Å²) in [5, 5.41) is 0. The van der Waals surface area contributed by atoms with Gasteiger partial charge in [0.25, 0.3) is 0 Å². The summed E-state index contributed by atoms with van der Waals surface area (Å²) >= 11 is 0. The average molecular weight is 205 g/mol. The Hall–Kier alpha value is -1.02. The molecule has 1 aliphatic rings. The zero-order valence-corrected chi connectivity index (χ0v) is 9.55. The minimum Gasteiger partial charge on any atom is -0.496 e. The fraction of sp³-hybridized carbons (Fsp3) is 0.538. The van der Waals surface area contributed by atoms with Crippen LogP contribution in [0.25, 0.3) is 0 Å². The lowest BCUT2D eigenvalue weighted by molar-refractivity contribution is 0.243. The molecule has 0 unspecified atom stereocenters. The maximum absolute atomic E-state index is 5.92. The molecule has 2 nitrogen and oxygen atoms in total. The Bertz CT molecular complexity index is 350. The Kier molecular flexibility index (Phi) is 2.70. The van der Waals surface area contributed by atoms with Crippen LogP contribution in [-0.2, 0) is 5.41 Å². The second-order valence-corrected chi connectivity index (χ2v) is 4.49. The number of rotatable bonds is 3. The molecular weight excluding hydrogens is 186 g/mol. The van der Waals surface area contributed by atoms with E-state index in [1.165, 1.54) is 30.4 Å². The van der Waals surface area contributed by atoms with Gasteiger partial charge in [-0.3, -0.25) is 0 Å². The molecule has 0 spiro atoms. The second kappa shape index (κ2) is 3.86. The van der Waals surface area contributed by atoms with Gasteiger partial charge in [-0.25, -0.2) is 0 Å². The number of methoxy groups -OCH3 is 1. The molecule has 0 saturated heterocycles. The molecule has 1 aliphatic carbocycles. The van der Waals surface area contributed by atoms with Crippen molar-refractivity contribution < 1.29 is 4.74 Å². The lowest BCUT2D eigenvalue weighted by Crippen LogP contribution is -2.41. The number of aryl methyl sites for hydroxylation is 1. The molecule has 1 aromatic carbocycles. The van der Waals surface area contributed by atoms with Crippen molar-refractivity contribution >= 4 is 0 Å². The number of hydrogen-bond donors (Lipinski definition) is 1. The summed E-state index contributed by atoms with van der Waals surface area (Å²) in [5.41, 5.74) is 8.62. The highest BCUT2D eigenvalue weighted by atomic mass is 16.5. The predicted molar refractivity (Wildman–Crippen MR) is 62.3 cm³/mol. The maximum atomic E-state index is 5.92. The Morgan fingerprint density at radius 1 is 1.40 bits per heavy atom. The molecule has 0 aromatic heterocycles. The van der Waals surface area contributed by atoms with Crippen molar-refractivity contribution in [1.82, 2.24) is 0 Å². The summed E-state index contributed by atoms with van der Waals surface area (Å²) < 4.78 is 5.50. The molecule has 0 atom stereocenters. The van der Waals surface area contributed by atoms with Crippen LogP contribution in [0.2, 0.25) is 0 Å². The lowest BCUT2D eigenvalue weighted by Gasteiger charge is -2.42. The van der Waals surface area contributed by atoms with Crippen molar-refractivity contribution in [2.24, 2.45) is 5.73 Å². The third kappa shape index (κ3) is 1.53. The smallest absolute Gasteiger partial charge is 0.125 e. The number of nitrogens with two attached hydrogens (primary N) is 1. The van der Waals surface area contributed by atoms with Crippen LogP contribution in [0, 0.1) is 6.92 Å². The average Bonchev–Trinajstić information content (AvgIpc) is 2.17. The Balaban J connectivity index is 2.46. The first-order valence-electron chi connectivity index (χ1n) is 5.58. The fourth-order valence-corrected chi connectivity index (χ4v) is 2.53. The van der Waals surface area contributed by atoms with Gasteiger partial charge in [0.05, 0.1) is 7.11 Å². The molecule has 1 saturated carbocycles. The van der Waals surface area contributed by atoms with E-state index in [-0.39, 0.29) is 5.41 Å². The maximum Gasteiger partial charge on any atom is 0.125 e. The van der Waals surface area contributed by atoms with E-state index in [2.05, 4.69) is 25.1 Å². The van der Waals surface area contributed by atoms with Crippen molar-refractivity contribution in [2.75, 3.05) is 13.7 Å². The van der Waals surface area contributed by atoms with E-state index in [0.717, 1.165) is 12.3 Å². The standard InChI is InChI=1S/C13H19NO/c1-10-5-3-6-11(12(10)15-2)13(9-14)7-4-8-13/h3,5-6H,4,7-9,14H2,1-2H3. The number of para-hydroxylation sites is 1. The Morgan fingerprint density at radius 2 is 2.13 bits per heavy atom. The molecule has 2 rings (SSSR count).